The molecule has 0 amide bonds. The number of aryl methyl sites for hydroxylation is 1. The molecule has 0 bridgehead atoms. The van der Waals surface area contributed by atoms with Crippen LogP contribution in [0.5, 0.6) is 5.75 Å². The lowest BCUT2D eigenvalue weighted by atomic mass is 10.2. The third kappa shape index (κ3) is 2.63. The number of aliphatic carboxylic acids is 1. The van der Waals surface area contributed by atoms with Crippen LogP contribution in [0, 0.1) is 6.92 Å². The monoisotopic (exact) mass is 228 g/mol. The van der Waals surface area contributed by atoms with Crippen LogP contribution in [-0.2, 0) is 4.79 Å². The van der Waals surface area contributed by atoms with Crippen molar-refractivity contribution in [2.45, 2.75) is 25.3 Å². The van der Waals surface area contributed by atoms with E-state index in [1.807, 2.05) is 19.1 Å². The Labute approximate surface area is 93.6 Å². The molecule has 0 aliphatic rings. The van der Waals surface area contributed by atoms with E-state index in [2.05, 4.69) is 0 Å². The maximum absolute atomic E-state index is 10.9. The third-order valence-electron chi connectivity index (χ3n) is 2.14. The Morgan fingerprint density at radius 2 is 2.13 bits per heavy atom. The van der Waals surface area contributed by atoms with E-state index < -0.39 is 11.0 Å². The SMILES string of the molecule is CCC(Cl)(Oc1ccccc1C)C(=O)O. The van der Waals surface area contributed by atoms with E-state index >= 15 is 0 Å². The average Bonchev–Trinajstić information content (AvgIpc) is 2.21. The lowest BCUT2D eigenvalue weighted by Gasteiger charge is -2.23. The summed E-state index contributed by atoms with van der Waals surface area (Å²) in [5.74, 6) is -0.674. The number of carbonyl (C=O) groups is 1. The smallest absolute Gasteiger partial charge is 0.364 e. The van der Waals surface area contributed by atoms with Gasteiger partial charge in [-0.05, 0) is 18.6 Å². The first-order valence-corrected chi connectivity index (χ1v) is 5.04. The largest absolute Gasteiger partial charge is 0.477 e. The zero-order valence-electron chi connectivity index (χ0n) is 8.66. The Morgan fingerprint density at radius 3 is 2.60 bits per heavy atom. The molecule has 0 aromatic heterocycles. The number of hydrogen-bond acceptors (Lipinski definition) is 2. The lowest BCUT2D eigenvalue weighted by molar-refractivity contribution is -0.148. The molecule has 4 heteroatoms. The first-order valence-electron chi connectivity index (χ1n) is 4.66. The van der Waals surface area contributed by atoms with Crippen LogP contribution < -0.4 is 4.74 Å². The van der Waals surface area contributed by atoms with Gasteiger partial charge in [-0.15, -0.1) is 0 Å². The van der Waals surface area contributed by atoms with Crippen molar-refractivity contribution in [1.82, 2.24) is 0 Å². The van der Waals surface area contributed by atoms with Crippen LogP contribution in [0.4, 0.5) is 0 Å². The van der Waals surface area contributed by atoms with Gasteiger partial charge in [-0.2, -0.15) is 0 Å². The Balaban J connectivity index is 2.94. The second kappa shape index (κ2) is 4.53. The highest BCUT2D eigenvalue weighted by Gasteiger charge is 2.37. The van der Waals surface area contributed by atoms with Crippen molar-refractivity contribution in [3.8, 4) is 5.75 Å². The summed E-state index contributed by atoms with van der Waals surface area (Å²) in [5.41, 5.74) is 0.859. The molecule has 1 unspecified atom stereocenters. The highest BCUT2D eigenvalue weighted by molar-refractivity contribution is 6.32. The molecule has 1 N–H and O–H groups in total. The van der Waals surface area contributed by atoms with E-state index in [1.54, 1.807) is 19.1 Å². The van der Waals surface area contributed by atoms with Crippen LogP contribution in [0.15, 0.2) is 24.3 Å². The summed E-state index contributed by atoms with van der Waals surface area (Å²) in [7, 11) is 0. The number of ether oxygens (including phenoxy) is 1. The summed E-state index contributed by atoms with van der Waals surface area (Å²) >= 11 is 5.84. The number of carboxylic acid groups (broad SMARTS) is 1. The van der Waals surface area contributed by atoms with Crippen molar-refractivity contribution in [1.29, 1.82) is 0 Å². The minimum absolute atomic E-state index is 0.193. The molecule has 3 nitrogen and oxygen atoms in total. The van der Waals surface area contributed by atoms with Gasteiger partial charge < -0.3 is 9.84 Å². The molecule has 0 saturated carbocycles. The van der Waals surface area contributed by atoms with E-state index in [1.165, 1.54) is 0 Å². The molecule has 0 fully saturated rings. The molecular weight excluding hydrogens is 216 g/mol. The quantitative estimate of drug-likeness (QED) is 0.807. The number of benzene rings is 1. The fraction of sp³-hybridized carbons (Fsp3) is 0.364. The van der Waals surface area contributed by atoms with Crippen LogP contribution >= 0.6 is 11.6 Å². The van der Waals surface area contributed by atoms with Gasteiger partial charge in [0.25, 0.3) is 5.06 Å². The molecule has 1 rings (SSSR count). The number of para-hydroxylation sites is 1. The van der Waals surface area contributed by atoms with Crippen LogP contribution in [0.3, 0.4) is 0 Å². The van der Waals surface area contributed by atoms with Crippen molar-refractivity contribution < 1.29 is 14.6 Å². The average molecular weight is 229 g/mol. The predicted octanol–water partition coefficient (Wildman–Crippen LogP) is 2.80. The number of hydrogen-bond donors (Lipinski definition) is 1. The van der Waals surface area contributed by atoms with Gasteiger partial charge in [0.15, 0.2) is 0 Å². The molecule has 1 aromatic rings. The summed E-state index contributed by atoms with van der Waals surface area (Å²) < 4.78 is 5.31. The van der Waals surface area contributed by atoms with Gasteiger partial charge in [0.1, 0.15) is 5.75 Å². The topological polar surface area (TPSA) is 46.5 Å². The van der Waals surface area contributed by atoms with E-state index in [-0.39, 0.29) is 6.42 Å². The summed E-state index contributed by atoms with van der Waals surface area (Å²) in [6, 6.07) is 7.16. The standard InChI is InChI=1S/C11H13ClO3/c1-3-11(12,10(13)14)15-9-7-5-4-6-8(9)2/h4-7H,3H2,1-2H3,(H,13,14). The molecule has 0 radical (unpaired) electrons. The Morgan fingerprint density at radius 1 is 1.53 bits per heavy atom. The first-order chi connectivity index (χ1) is 6.99. The number of carboxylic acids is 1. The normalized spacial score (nSPS) is 14.3. The predicted molar refractivity (Wildman–Crippen MR) is 58.3 cm³/mol. The van der Waals surface area contributed by atoms with E-state index in [0.717, 1.165) is 5.56 Å². The molecule has 15 heavy (non-hydrogen) atoms. The third-order valence-corrected chi connectivity index (χ3v) is 2.65. The number of halogens is 1. The minimum Gasteiger partial charge on any atom is -0.477 e. The van der Waals surface area contributed by atoms with E-state index in [0.29, 0.717) is 5.75 Å². The molecule has 0 aliphatic carbocycles. The van der Waals surface area contributed by atoms with Crippen LogP contribution in [0.1, 0.15) is 18.9 Å². The zero-order chi connectivity index (χ0) is 11.5. The molecule has 0 aliphatic heterocycles. The van der Waals surface area contributed by atoms with Gasteiger partial charge in [-0.1, -0.05) is 36.7 Å². The van der Waals surface area contributed by atoms with Gasteiger partial charge in [0, 0.05) is 6.42 Å². The maximum atomic E-state index is 10.9. The fourth-order valence-corrected chi connectivity index (χ4v) is 1.20. The van der Waals surface area contributed by atoms with Crippen molar-refractivity contribution in [3.63, 3.8) is 0 Å². The minimum atomic E-state index is -1.67. The van der Waals surface area contributed by atoms with Crippen molar-refractivity contribution in [2.75, 3.05) is 0 Å². The van der Waals surface area contributed by atoms with Crippen LogP contribution in [-0.4, -0.2) is 16.1 Å². The molecule has 82 valence electrons. The van der Waals surface area contributed by atoms with Crippen molar-refractivity contribution in [3.05, 3.63) is 29.8 Å². The zero-order valence-corrected chi connectivity index (χ0v) is 9.41. The van der Waals surface area contributed by atoms with Crippen LogP contribution in [0.2, 0.25) is 0 Å². The lowest BCUT2D eigenvalue weighted by Crippen LogP contribution is -2.38. The first kappa shape index (κ1) is 11.9. The van der Waals surface area contributed by atoms with Gasteiger partial charge in [0.05, 0.1) is 0 Å². The summed E-state index contributed by atoms with van der Waals surface area (Å²) in [6.07, 6.45) is 0.193. The van der Waals surface area contributed by atoms with Crippen LogP contribution in [0.25, 0.3) is 0 Å². The second-order valence-corrected chi connectivity index (χ2v) is 3.87. The van der Waals surface area contributed by atoms with Crippen molar-refractivity contribution in [2.24, 2.45) is 0 Å². The highest BCUT2D eigenvalue weighted by atomic mass is 35.5. The highest BCUT2D eigenvalue weighted by Crippen LogP contribution is 2.27. The van der Waals surface area contributed by atoms with Gasteiger partial charge in [0.2, 0.25) is 0 Å². The Kier molecular flexibility index (Phi) is 3.58. The molecule has 0 heterocycles. The molecule has 0 spiro atoms. The summed E-state index contributed by atoms with van der Waals surface area (Å²) in [5, 5.41) is 7.25. The van der Waals surface area contributed by atoms with Crippen molar-refractivity contribution >= 4 is 17.6 Å². The Hall–Kier alpha value is -1.22. The summed E-state index contributed by atoms with van der Waals surface area (Å²) in [6.45, 7) is 3.50. The van der Waals surface area contributed by atoms with E-state index in [4.69, 9.17) is 21.4 Å². The second-order valence-electron chi connectivity index (χ2n) is 3.25. The maximum Gasteiger partial charge on any atom is 0.364 e. The summed E-state index contributed by atoms with van der Waals surface area (Å²) in [4.78, 5) is 10.9. The Bertz CT molecular complexity index is 365. The van der Waals surface area contributed by atoms with Gasteiger partial charge in [-0.25, -0.2) is 4.79 Å². The van der Waals surface area contributed by atoms with Gasteiger partial charge >= 0.3 is 5.97 Å². The van der Waals surface area contributed by atoms with Gasteiger partial charge in [-0.3, -0.25) is 0 Å². The van der Waals surface area contributed by atoms with E-state index in [9.17, 15) is 4.79 Å². The molecular formula is C11H13ClO3. The fourth-order valence-electron chi connectivity index (χ4n) is 1.11. The molecule has 1 aromatic carbocycles. The molecule has 0 saturated heterocycles. The molecule has 1 atom stereocenters. The number of alkyl halides is 1. The number of rotatable bonds is 4.